The second-order valence-electron chi connectivity index (χ2n) is 16.1. The summed E-state index contributed by atoms with van der Waals surface area (Å²) in [5.74, 6) is 0. The molecule has 55 heavy (non-hydrogen) atoms. The molecule has 8 aromatic rings. The summed E-state index contributed by atoms with van der Waals surface area (Å²) in [6.07, 6.45) is 6.46. The maximum atomic E-state index is 5.04. The van der Waals surface area contributed by atoms with Crippen molar-refractivity contribution in [2.24, 2.45) is 0 Å². The van der Waals surface area contributed by atoms with E-state index in [2.05, 4.69) is 163 Å². The summed E-state index contributed by atoms with van der Waals surface area (Å²) in [5, 5.41) is 4.99. The SMILES string of the molecule is CC1(C)c2ccccc2-c2ccc(-c3c4cc(N5CCCc6ccccc65)ccc4c(-c4ccccn4)c4cc(N5CCCc6ccccc65)ccc34)cc21. The maximum absolute atomic E-state index is 5.04. The van der Waals surface area contributed by atoms with Crippen LogP contribution in [0.1, 0.15) is 48.9 Å². The van der Waals surface area contributed by atoms with Crippen molar-refractivity contribution in [2.75, 3.05) is 22.9 Å². The zero-order chi connectivity index (χ0) is 36.7. The highest BCUT2D eigenvalue weighted by atomic mass is 15.1. The van der Waals surface area contributed by atoms with E-state index >= 15 is 0 Å². The lowest BCUT2D eigenvalue weighted by Crippen LogP contribution is -2.24. The van der Waals surface area contributed by atoms with Crippen LogP contribution in [0.4, 0.5) is 22.7 Å². The molecule has 0 radical (unpaired) electrons. The molecule has 1 aliphatic carbocycles. The Morgan fingerprint density at radius 3 is 1.75 bits per heavy atom. The minimum absolute atomic E-state index is 0.0983. The Morgan fingerprint density at radius 2 is 1.07 bits per heavy atom. The van der Waals surface area contributed by atoms with Gasteiger partial charge in [0.25, 0.3) is 0 Å². The highest BCUT2D eigenvalue weighted by Crippen LogP contribution is 2.52. The number of aromatic nitrogens is 1. The second-order valence-corrected chi connectivity index (χ2v) is 16.1. The average molecular weight is 710 g/mol. The van der Waals surface area contributed by atoms with Crippen molar-refractivity contribution in [1.82, 2.24) is 4.98 Å². The molecule has 0 amide bonds. The van der Waals surface area contributed by atoms with Crippen LogP contribution in [0.5, 0.6) is 0 Å². The predicted octanol–water partition coefficient (Wildman–Crippen LogP) is 13.2. The summed E-state index contributed by atoms with van der Waals surface area (Å²) in [6, 6.07) is 54.8. The molecule has 0 N–H and O–H groups in total. The minimum atomic E-state index is -0.0983. The topological polar surface area (TPSA) is 19.4 Å². The van der Waals surface area contributed by atoms with Crippen LogP contribution in [0.15, 0.2) is 152 Å². The van der Waals surface area contributed by atoms with Gasteiger partial charge in [0.15, 0.2) is 0 Å². The van der Waals surface area contributed by atoms with E-state index in [-0.39, 0.29) is 5.41 Å². The van der Waals surface area contributed by atoms with E-state index in [1.165, 1.54) is 94.4 Å². The number of fused-ring (bicyclic) bond motifs is 7. The van der Waals surface area contributed by atoms with Gasteiger partial charge < -0.3 is 9.80 Å². The van der Waals surface area contributed by atoms with Crippen molar-refractivity contribution >= 4 is 44.3 Å². The summed E-state index contributed by atoms with van der Waals surface area (Å²) in [4.78, 5) is 10.1. The molecule has 0 bridgehead atoms. The zero-order valence-corrected chi connectivity index (χ0v) is 31.5. The third-order valence-electron chi connectivity index (χ3n) is 12.7. The molecular formula is C52H43N3. The molecule has 2 aliphatic heterocycles. The van der Waals surface area contributed by atoms with Gasteiger partial charge in [-0.3, -0.25) is 4.98 Å². The van der Waals surface area contributed by atoms with Gasteiger partial charge in [0, 0.05) is 53.0 Å². The van der Waals surface area contributed by atoms with Gasteiger partial charge in [-0.2, -0.15) is 0 Å². The van der Waals surface area contributed by atoms with Crippen LogP contribution in [0.2, 0.25) is 0 Å². The lowest BCUT2D eigenvalue weighted by Gasteiger charge is -2.32. The molecule has 0 unspecified atom stereocenters. The molecule has 0 atom stereocenters. The van der Waals surface area contributed by atoms with Gasteiger partial charge in [-0.15, -0.1) is 0 Å². The van der Waals surface area contributed by atoms with Crippen molar-refractivity contribution in [1.29, 1.82) is 0 Å². The normalized spacial score (nSPS) is 15.5. The fraction of sp³-hybridized carbons (Fsp3) is 0.173. The van der Waals surface area contributed by atoms with E-state index < -0.39 is 0 Å². The highest BCUT2D eigenvalue weighted by Gasteiger charge is 2.35. The monoisotopic (exact) mass is 709 g/mol. The van der Waals surface area contributed by atoms with Crippen molar-refractivity contribution in [3.8, 4) is 33.5 Å². The molecule has 0 spiro atoms. The molecule has 1 aromatic heterocycles. The van der Waals surface area contributed by atoms with Crippen molar-refractivity contribution in [3.63, 3.8) is 0 Å². The van der Waals surface area contributed by atoms with E-state index in [0.717, 1.165) is 44.5 Å². The van der Waals surface area contributed by atoms with Crippen LogP contribution in [-0.2, 0) is 18.3 Å². The third-order valence-corrected chi connectivity index (χ3v) is 12.7. The molecular weight excluding hydrogens is 667 g/mol. The van der Waals surface area contributed by atoms with Crippen LogP contribution in [0.3, 0.4) is 0 Å². The Bertz CT molecular complexity index is 2810. The molecule has 3 nitrogen and oxygen atoms in total. The van der Waals surface area contributed by atoms with Crippen molar-refractivity contribution in [2.45, 2.75) is 44.9 Å². The lowest BCUT2D eigenvalue weighted by molar-refractivity contribution is 0.660. The second kappa shape index (κ2) is 12.4. The molecule has 3 aliphatic rings. The third kappa shape index (κ3) is 4.99. The molecule has 0 saturated heterocycles. The Hall–Kier alpha value is -6.19. The number of nitrogens with zero attached hydrogens (tertiary/aromatic N) is 3. The van der Waals surface area contributed by atoms with Crippen LogP contribution >= 0.6 is 0 Å². The number of pyridine rings is 1. The highest BCUT2D eigenvalue weighted by molar-refractivity contribution is 6.22. The quantitative estimate of drug-likeness (QED) is 0.170. The first kappa shape index (κ1) is 32.3. The summed E-state index contributed by atoms with van der Waals surface area (Å²) in [7, 11) is 0. The maximum Gasteiger partial charge on any atom is 0.0714 e. The van der Waals surface area contributed by atoms with Crippen LogP contribution < -0.4 is 9.80 Å². The largest absolute Gasteiger partial charge is 0.341 e. The fourth-order valence-corrected chi connectivity index (χ4v) is 10.1. The molecule has 3 heteroatoms. The molecule has 11 rings (SSSR count). The first-order valence-electron chi connectivity index (χ1n) is 20.0. The molecule has 266 valence electrons. The van der Waals surface area contributed by atoms with Gasteiger partial charge in [-0.25, -0.2) is 0 Å². The lowest BCUT2D eigenvalue weighted by atomic mass is 9.80. The van der Waals surface area contributed by atoms with Gasteiger partial charge in [-0.05, 0) is 146 Å². The molecule has 3 heterocycles. The Labute approximate surface area is 323 Å². The van der Waals surface area contributed by atoms with Gasteiger partial charge in [-0.1, -0.05) is 105 Å². The van der Waals surface area contributed by atoms with Gasteiger partial charge in [0.1, 0.15) is 0 Å². The fourth-order valence-electron chi connectivity index (χ4n) is 10.1. The number of rotatable bonds is 4. The molecule has 7 aromatic carbocycles. The van der Waals surface area contributed by atoms with Crippen LogP contribution in [-0.4, -0.2) is 18.1 Å². The number of para-hydroxylation sites is 2. The predicted molar refractivity (Wildman–Crippen MR) is 231 cm³/mol. The average Bonchev–Trinajstić information content (AvgIpc) is 3.47. The van der Waals surface area contributed by atoms with Gasteiger partial charge >= 0.3 is 0 Å². The van der Waals surface area contributed by atoms with E-state index in [4.69, 9.17) is 4.98 Å². The van der Waals surface area contributed by atoms with Crippen molar-refractivity contribution in [3.05, 3.63) is 174 Å². The summed E-state index contributed by atoms with van der Waals surface area (Å²) in [5.41, 5.74) is 18.1. The molecule has 0 fully saturated rings. The summed E-state index contributed by atoms with van der Waals surface area (Å²) >= 11 is 0. The summed E-state index contributed by atoms with van der Waals surface area (Å²) in [6.45, 7) is 6.78. The van der Waals surface area contributed by atoms with Crippen molar-refractivity contribution < 1.29 is 0 Å². The minimum Gasteiger partial charge on any atom is -0.341 e. The number of benzene rings is 7. The molecule has 0 saturated carbocycles. The van der Waals surface area contributed by atoms with E-state index in [1.54, 1.807) is 0 Å². The van der Waals surface area contributed by atoms with Crippen LogP contribution in [0.25, 0.3) is 55.1 Å². The first-order chi connectivity index (χ1) is 27.0. The zero-order valence-electron chi connectivity index (χ0n) is 31.5. The standard InChI is InChI=1S/C52H43N3/c1-52(2)45-18-6-5-17-39(45)40-25-22-36(31-46(40)52)50-41-26-23-38(55-30-12-16-35-14-4-8-21-49(35)55)33-44(41)51(47-19-9-10-28-53-47)42-27-24-37(32-43(42)50)54-29-11-15-34-13-3-7-20-48(34)54/h3-10,13-14,17-28,31-33H,11-12,15-16,29-30H2,1-2H3. The van der Waals surface area contributed by atoms with E-state index in [9.17, 15) is 0 Å². The van der Waals surface area contributed by atoms with Crippen LogP contribution in [0, 0.1) is 0 Å². The van der Waals surface area contributed by atoms with E-state index in [1.807, 2.05) is 12.3 Å². The Balaban J connectivity index is 1.21. The van der Waals surface area contributed by atoms with E-state index in [0.29, 0.717) is 0 Å². The number of anilines is 4. The Kier molecular flexibility index (Phi) is 7.29. The number of aryl methyl sites for hydroxylation is 2. The smallest absolute Gasteiger partial charge is 0.0714 e. The Morgan fingerprint density at radius 1 is 0.491 bits per heavy atom. The summed E-state index contributed by atoms with van der Waals surface area (Å²) < 4.78 is 0. The number of hydrogen-bond acceptors (Lipinski definition) is 3. The van der Waals surface area contributed by atoms with Gasteiger partial charge in [0.2, 0.25) is 0 Å². The first-order valence-corrected chi connectivity index (χ1v) is 20.0. The number of hydrogen-bond donors (Lipinski definition) is 0. The van der Waals surface area contributed by atoms with Gasteiger partial charge in [0.05, 0.1) is 5.69 Å².